The maximum absolute atomic E-state index is 6.20. The van der Waals surface area contributed by atoms with E-state index in [1.807, 2.05) is 38.2 Å². The predicted octanol–water partition coefficient (Wildman–Crippen LogP) is 3.73. The highest BCUT2D eigenvalue weighted by molar-refractivity contribution is 6.31. The van der Waals surface area contributed by atoms with E-state index in [2.05, 4.69) is 10.4 Å². The predicted molar refractivity (Wildman–Crippen MR) is 76.3 cm³/mol. The van der Waals surface area contributed by atoms with Crippen LogP contribution >= 0.6 is 23.2 Å². The number of halogens is 2. The van der Waals surface area contributed by atoms with Gasteiger partial charge in [-0.05, 0) is 18.6 Å². The van der Waals surface area contributed by atoms with Gasteiger partial charge in [-0.2, -0.15) is 5.10 Å². The van der Waals surface area contributed by atoms with Gasteiger partial charge < -0.3 is 5.32 Å². The van der Waals surface area contributed by atoms with Crippen LogP contribution in [0.4, 0.5) is 5.69 Å². The number of nitrogens with zero attached hydrogens (tertiary/aromatic N) is 2. The van der Waals surface area contributed by atoms with E-state index in [1.165, 1.54) is 0 Å². The van der Waals surface area contributed by atoms with E-state index in [0.29, 0.717) is 17.4 Å². The second-order valence-corrected chi connectivity index (χ2v) is 4.76. The normalized spacial score (nSPS) is 10.7. The Morgan fingerprint density at radius 2 is 2.06 bits per heavy atom. The Kier molecular flexibility index (Phi) is 4.15. The van der Waals surface area contributed by atoms with Crippen LogP contribution in [0.2, 0.25) is 5.02 Å². The summed E-state index contributed by atoms with van der Waals surface area (Å²) in [6.07, 6.45) is 0. The van der Waals surface area contributed by atoms with Crippen molar-refractivity contribution in [1.82, 2.24) is 9.78 Å². The fraction of sp³-hybridized carbons (Fsp3) is 0.308. The quantitative estimate of drug-likeness (QED) is 0.867. The molecule has 2 rings (SSSR count). The molecule has 1 N–H and O–H groups in total. The van der Waals surface area contributed by atoms with Crippen LogP contribution in [0.5, 0.6) is 0 Å². The first-order chi connectivity index (χ1) is 8.63. The van der Waals surface area contributed by atoms with E-state index in [1.54, 1.807) is 4.68 Å². The van der Waals surface area contributed by atoms with Crippen molar-refractivity contribution < 1.29 is 0 Å². The van der Waals surface area contributed by atoms with Gasteiger partial charge in [-0.3, -0.25) is 4.68 Å². The summed E-state index contributed by atoms with van der Waals surface area (Å²) in [5.74, 6) is 0.487. The maximum Gasteiger partial charge on any atom is 0.0865 e. The van der Waals surface area contributed by atoms with E-state index in [4.69, 9.17) is 23.2 Å². The SMILES string of the molecule is Cc1nn(C)c(CNc2ccccc2CCl)c1Cl. The molecule has 1 heterocycles. The molecule has 0 atom stereocenters. The van der Waals surface area contributed by atoms with Crippen molar-refractivity contribution >= 4 is 28.9 Å². The summed E-state index contributed by atoms with van der Waals surface area (Å²) in [4.78, 5) is 0. The van der Waals surface area contributed by atoms with E-state index in [-0.39, 0.29) is 0 Å². The summed E-state index contributed by atoms with van der Waals surface area (Å²) in [5, 5.41) is 8.35. The minimum Gasteiger partial charge on any atom is -0.379 e. The number of benzene rings is 1. The summed E-state index contributed by atoms with van der Waals surface area (Å²) in [5.41, 5.74) is 3.93. The van der Waals surface area contributed by atoms with E-state index >= 15 is 0 Å². The van der Waals surface area contributed by atoms with E-state index < -0.39 is 0 Å². The average Bonchev–Trinajstić information content (AvgIpc) is 2.62. The van der Waals surface area contributed by atoms with Gasteiger partial charge in [-0.15, -0.1) is 11.6 Å². The Hall–Kier alpha value is -1.19. The van der Waals surface area contributed by atoms with E-state index in [0.717, 1.165) is 22.6 Å². The molecule has 0 aliphatic rings. The zero-order chi connectivity index (χ0) is 13.1. The Bertz CT molecular complexity index is 549. The largest absolute Gasteiger partial charge is 0.379 e. The third-order valence-electron chi connectivity index (χ3n) is 2.87. The minimum atomic E-state index is 0.487. The van der Waals surface area contributed by atoms with Gasteiger partial charge in [-0.1, -0.05) is 29.8 Å². The molecule has 18 heavy (non-hydrogen) atoms. The van der Waals surface area contributed by atoms with Crippen molar-refractivity contribution in [2.24, 2.45) is 7.05 Å². The number of rotatable bonds is 4. The molecule has 0 unspecified atom stereocenters. The molecule has 96 valence electrons. The van der Waals surface area contributed by atoms with Gasteiger partial charge in [0, 0.05) is 18.6 Å². The zero-order valence-electron chi connectivity index (χ0n) is 10.4. The van der Waals surface area contributed by atoms with Crippen LogP contribution in [-0.2, 0) is 19.5 Å². The van der Waals surface area contributed by atoms with Crippen LogP contribution in [0, 0.1) is 6.92 Å². The molecule has 0 saturated heterocycles. The van der Waals surface area contributed by atoms with Crippen molar-refractivity contribution in [2.45, 2.75) is 19.3 Å². The molecule has 0 spiro atoms. The average molecular weight is 284 g/mol. The van der Waals surface area contributed by atoms with Crippen LogP contribution in [0.25, 0.3) is 0 Å². The number of anilines is 1. The fourth-order valence-electron chi connectivity index (χ4n) is 1.86. The molecule has 0 aliphatic carbocycles. The first kappa shape index (κ1) is 13.2. The molecule has 1 aromatic heterocycles. The van der Waals surface area contributed by atoms with E-state index in [9.17, 15) is 0 Å². The van der Waals surface area contributed by atoms with Crippen LogP contribution in [0.3, 0.4) is 0 Å². The van der Waals surface area contributed by atoms with Gasteiger partial charge in [0.1, 0.15) is 0 Å². The molecule has 0 saturated carbocycles. The monoisotopic (exact) mass is 283 g/mol. The third kappa shape index (κ3) is 2.62. The smallest absolute Gasteiger partial charge is 0.0865 e. The number of aromatic nitrogens is 2. The third-order valence-corrected chi connectivity index (χ3v) is 3.65. The molecule has 3 nitrogen and oxygen atoms in total. The van der Waals surface area contributed by atoms with Gasteiger partial charge >= 0.3 is 0 Å². The number of alkyl halides is 1. The Labute approximate surface area is 117 Å². The number of hydrogen-bond donors (Lipinski definition) is 1. The van der Waals surface area contributed by atoms with Crippen molar-refractivity contribution in [3.8, 4) is 0 Å². The highest BCUT2D eigenvalue weighted by Crippen LogP contribution is 2.22. The first-order valence-corrected chi connectivity index (χ1v) is 6.60. The molecule has 0 fully saturated rings. The second kappa shape index (κ2) is 5.63. The van der Waals surface area contributed by atoms with Crippen LogP contribution < -0.4 is 5.32 Å². The molecular weight excluding hydrogens is 269 g/mol. The molecule has 2 aromatic rings. The Balaban J connectivity index is 2.16. The summed E-state index contributed by atoms with van der Waals surface area (Å²) in [6.45, 7) is 2.53. The van der Waals surface area contributed by atoms with Crippen molar-refractivity contribution in [3.05, 3.63) is 46.2 Å². The van der Waals surface area contributed by atoms with Crippen LogP contribution in [0.15, 0.2) is 24.3 Å². The second-order valence-electron chi connectivity index (χ2n) is 4.11. The number of hydrogen-bond acceptors (Lipinski definition) is 2. The summed E-state index contributed by atoms with van der Waals surface area (Å²) < 4.78 is 1.80. The molecule has 0 amide bonds. The molecular formula is C13H15Cl2N3. The van der Waals surface area contributed by atoms with Crippen molar-refractivity contribution in [2.75, 3.05) is 5.32 Å². The Morgan fingerprint density at radius 1 is 1.33 bits per heavy atom. The number of nitrogens with one attached hydrogen (secondary N) is 1. The van der Waals surface area contributed by atoms with Gasteiger partial charge in [0.25, 0.3) is 0 Å². The molecule has 1 aromatic carbocycles. The fourth-order valence-corrected chi connectivity index (χ4v) is 2.32. The summed E-state index contributed by atoms with van der Waals surface area (Å²) >= 11 is 12.1. The lowest BCUT2D eigenvalue weighted by atomic mass is 10.2. The molecule has 0 bridgehead atoms. The van der Waals surface area contributed by atoms with Gasteiger partial charge in [0.15, 0.2) is 0 Å². The topological polar surface area (TPSA) is 29.9 Å². The number of para-hydroxylation sites is 1. The maximum atomic E-state index is 6.20. The van der Waals surface area contributed by atoms with Gasteiger partial charge in [0.05, 0.1) is 23.0 Å². The lowest BCUT2D eigenvalue weighted by Gasteiger charge is -2.10. The standard InChI is InChI=1S/C13H15Cl2N3/c1-9-13(15)12(18(2)17-9)8-16-11-6-4-3-5-10(11)7-14/h3-6,16H,7-8H2,1-2H3. The van der Waals surface area contributed by atoms with Gasteiger partial charge in [-0.25, -0.2) is 0 Å². The lowest BCUT2D eigenvalue weighted by molar-refractivity contribution is 0.713. The van der Waals surface area contributed by atoms with Crippen LogP contribution in [-0.4, -0.2) is 9.78 Å². The van der Waals surface area contributed by atoms with Crippen molar-refractivity contribution in [3.63, 3.8) is 0 Å². The lowest BCUT2D eigenvalue weighted by Crippen LogP contribution is -2.07. The van der Waals surface area contributed by atoms with Crippen molar-refractivity contribution in [1.29, 1.82) is 0 Å². The first-order valence-electron chi connectivity index (χ1n) is 5.69. The molecule has 0 radical (unpaired) electrons. The summed E-state index contributed by atoms with van der Waals surface area (Å²) in [6, 6.07) is 7.97. The summed E-state index contributed by atoms with van der Waals surface area (Å²) in [7, 11) is 1.89. The minimum absolute atomic E-state index is 0.487. The highest BCUT2D eigenvalue weighted by Gasteiger charge is 2.11. The van der Waals surface area contributed by atoms with Crippen LogP contribution in [0.1, 0.15) is 17.0 Å². The number of aryl methyl sites for hydroxylation is 2. The Morgan fingerprint density at radius 3 is 2.67 bits per heavy atom. The molecule has 5 heteroatoms. The van der Waals surface area contributed by atoms with Gasteiger partial charge in [0.2, 0.25) is 0 Å². The molecule has 0 aliphatic heterocycles. The zero-order valence-corrected chi connectivity index (χ0v) is 11.9. The highest BCUT2D eigenvalue weighted by atomic mass is 35.5.